The Morgan fingerprint density at radius 2 is 1.93 bits per heavy atom. The van der Waals surface area contributed by atoms with Crippen molar-refractivity contribution in [2.45, 2.75) is 24.9 Å². The molecule has 3 amide bonds. The Morgan fingerprint density at radius 1 is 1.20 bits per heavy atom. The van der Waals surface area contributed by atoms with Gasteiger partial charge in [-0.25, -0.2) is 0 Å². The monoisotopic (exact) mass is 443 g/mol. The number of anilines is 1. The third-order valence-corrected chi connectivity index (χ3v) is 6.29. The minimum Gasteiger partial charge on any atom is -0.352 e. The molecule has 156 valence electrons. The van der Waals surface area contributed by atoms with Gasteiger partial charge in [0.25, 0.3) is 5.91 Å². The van der Waals surface area contributed by atoms with Crippen molar-refractivity contribution in [3.63, 3.8) is 0 Å². The zero-order valence-electron chi connectivity index (χ0n) is 16.5. The summed E-state index contributed by atoms with van der Waals surface area (Å²) in [5.74, 6) is -0.0463. The molecular formula is C22H22ClN3O3S. The van der Waals surface area contributed by atoms with E-state index in [9.17, 15) is 14.4 Å². The van der Waals surface area contributed by atoms with Crippen LogP contribution in [0.3, 0.4) is 0 Å². The molecule has 30 heavy (non-hydrogen) atoms. The lowest BCUT2D eigenvalue weighted by molar-refractivity contribution is -0.123. The van der Waals surface area contributed by atoms with Gasteiger partial charge >= 0.3 is 0 Å². The average Bonchev–Trinajstić information content (AvgIpc) is 2.83. The number of nitrogens with one attached hydrogen (secondary N) is 2. The molecule has 0 bridgehead atoms. The number of halogens is 1. The van der Waals surface area contributed by atoms with Crippen LogP contribution < -0.4 is 10.6 Å². The van der Waals surface area contributed by atoms with Crippen LogP contribution >= 0.6 is 23.4 Å². The van der Waals surface area contributed by atoms with Crippen molar-refractivity contribution in [3.8, 4) is 11.1 Å². The van der Waals surface area contributed by atoms with Gasteiger partial charge in [-0.1, -0.05) is 29.8 Å². The maximum atomic E-state index is 13.3. The average molecular weight is 444 g/mol. The lowest BCUT2D eigenvalue weighted by Gasteiger charge is -2.37. The predicted molar refractivity (Wildman–Crippen MR) is 120 cm³/mol. The van der Waals surface area contributed by atoms with E-state index < -0.39 is 6.04 Å². The van der Waals surface area contributed by atoms with Crippen molar-refractivity contribution < 1.29 is 14.4 Å². The molecule has 0 spiro atoms. The van der Waals surface area contributed by atoms with Gasteiger partial charge in [-0.3, -0.25) is 14.4 Å². The Kier molecular flexibility index (Phi) is 6.01. The number of nitrogens with zero attached hydrogens (tertiary/aromatic N) is 1. The van der Waals surface area contributed by atoms with Crippen molar-refractivity contribution in [2.24, 2.45) is 0 Å². The molecule has 0 aromatic heterocycles. The second kappa shape index (κ2) is 8.70. The molecule has 2 aromatic rings. The summed E-state index contributed by atoms with van der Waals surface area (Å²) in [6.07, 6.45) is 2.91. The van der Waals surface area contributed by atoms with Crippen molar-refractivity contribution >= 4 is 46.8 Å². The number of hydrogen-bond donors (Lipinski definition) is 2. The quantitative estimate of drug-likeness (QED) is 0.759. The maximum Gasteiger partial charge on any atom is 0.256 e. The van der Waals surface area contributed by atoms with Crippen LogP contribution in [0.2, 0.25) is 5.02 Å². The fraction of sp³-hybridized carbons (Fsp3) is 0.318. The van der Waals surface area contributed by atoms with Gasteiger partial charge in [0.15, 0.2) is 0 Å². The van der Waals surface area contributed by atoms with Crippen LogP contribution in [0.1, 0.15) is 23.2 Å². The van der Waals surface area contributed by atoms with Gasteiger partial charge in [0.1, 0.15) is 6.04 Å². The summed E-state index contributed by atoms with van der Waals surface area (Å²) in [7, 11) is 0. The predicted octanol–water partition coefficient (Wildman–Crippen LogP) is 3.41. The molecule has 0 aliphatic carbocycles. The summed E-state index contributed by atoms with van der Waals surface area (Å²) in [6, 6.07) is 12.2. The number of piperidine rings is 1. The zero-order chi connectivity index (χ0) is 21.3. The van der Waals surface area contributed by atoms with Crippen LogP contribution in [0, 0.1) is 0 Å². The fourth-order valence-corrected chi connectivity index (χ4v) is 4.48. The van der Waals surface area contributed by atoms with Gasteiger partial charge < -0.3 is 15.5 Å². The number of rotatable bonds is 4. The summed E-state index contributed by atoms with van der Waals surface area (Å²) in [6.45, 7) is 0.422. The largest absolute Gasteiger partial charge is 0.352 e. The van der Waals surface area contributed by atoms with Gasteiger partial charge in [0, 0.05) is 17.6 Å². The van der Waals surface area contributed by atoms with Gasteiger partial charge in [0.2, 0.25) is 11.8 Å². The molecule has 2 unspecified atom stereocenters. The van der Waals surface area contributed by atoms with E-state index in [1.165, 1.54) is 11.8 Å². The minimum absolute atomic E-state index is 0.0443. The number of amides is 3. The highest BCUT2D eigenvalue weighted by Gasteiger charge is 2.40. The van der Waals surface area contributed by atoms with Crippen LogP contribution in [0.25, 0.3) is 11.1 Å². The Balaban J connectivity index is 1.59. The standard InChI is InChI=1S/C22H22ClN3O3S/c1-30-12-20(27)24-16-8-9-26-19(11-16)21(28)25-18-7-4-14(10-17(18)22(26)29)13-2-5-15(23)6-3-13/h2-7,10,16,19H,8-9,11-12H2,1H3,(H,24,27)(H,25,28). The first-order valence-electron chi connectivity index (χ1n) is 9.76. The molecule has 2 aromatic carbocycles. The van der Waals surface area contributed by atoms with Gasteiger partial charge in [-0.05, 0) is 54.5 Å². The summed E-state index contributed by atoms with van der Waals surface area (Å²) in [4.78, 5) is 39.7. The Labute approximate surface area is 184 Å². The number of benzene rings is 2. The van der Waals surface area contributed by atoms with Gasteiger partial charge in [0.05, 0.1) is 17.0 Å². The van der Waals surface area contributed by atoms with E-state index in [2.05, 4.69) is 10.6 Å². The van der Waals surface area contributed by atoms with E-state index in [1.807, 2.05) is 30.5 Å². The number of thioether (sulfide) groups is 1. The first-order valence-corrected chi connectivity index (χ1v) is 11.5. The molecule has 1 saturated heterocycles. The SMILES string of the molecule is CSCC(=O)NC1CCN2C(=O)c3cc(-c4ccc(Cl)cc4)ccc3NC(=O)C2C1. The van der Waals surface area contributed by atoms with E-state index in [4.69, 9.17) is 11.6 Å². The van der Waals surface area contributed by atoms with Crippen LogP contribution in [0.15, 0.2) is 42.5 Å². The molecule has 4 rings (SSSR count). The van der Waals surface area contributed by atoms with E-state index in [1.54, 1.807) is 23.1 Å². The van der Waals surface area contributed by atoms with E-state index >= 15 is 0 Å². The van der Waals surface area contributed by atoms with Gasteiger partial charge in [-0.2, -0.15) is 11.8 Å². The second-order valence-electron chi connectivity index (χ2n) is 7.49. The van der Waals surface area contributed by atoms with Crippen LogP contribution in [-0.2, 0) is 9.59 Å². The van der Waals surface area contributed by atoms with Crippen LogP contribution in [-0.4, -0.2) is 53.3 Å². The molecule has 2 atom stereocenters. The summed E-state index contributed by atoms with van der Waals surface area (Å²) in [5.41, 5.74) is 2.81. The first kappa shape index (κ1) is 20.8. The smallest absolute Gasteiger partial charge is 0.256 e. The highest BCUT2D eigenvalue weighted by atomic mass is 35.5. The van der Waals surface area contributed by atoms with Crippen molar-refractivity contribution in [3.05, 3.63) is 53.1 Å². The van der Waals surface area contributed by atoms with Crippen LogP contribution in [0.4, 0.5) is 5.69 Å². The van der Waals surface area contributed by atoms with Crippen LogP contribution in [0.5, 0.6) is 0 Å². The van der Waals surface area contributed by atoms with Gasteiger partial charge in [-0.15, -0.1) is 0 Å². The topological polar surface area (TPSA) is 78.5 Å². The number of carbonyl (C=O) groups excluding carboxylic acids is 3. The summed E-state index contributed by atoms with van der Waals surface area (Å²) >= 11 is 7.43. The lowest BCUT2D eigenvalue weighted by atomic mass is 9.96. The highest BCUT2D eigenvalue weighted by Crippen LogP contribution is 2.32. The Bertz CT molecular complexity index is 996. The number of hydrogen-bond acceptors (Lipinski definition) is 4. The van der Waals surface area contributed by atoms with Crippen molar-refractivity contribution in [1.29, 1.82) is 0 Å². The first-order chi connectivity index (χ1) is 14.5. The second-order valence-corrected chi connectivity index (χ2v) is 8.80. The highest BCUT2D eigenvalue weighted by molar-refractivity contribution is 7.99. The molecule has 6 nitrogen and oxygen atoms in total. The summed E-state index contributed by atoms with van der Waals surface area (Å²) < 4.78 is 0. The number of carbonyl (C=O) groups is 3. The molecule has 8 heteroatoms. The maximum absolute atomic E-state index is 13.3. The Hall–Kier alpha value is -2.51. The molecule has 2 heterocycles. The lowest BCUT2D eigenvalue weighted by Crippen LogP contribution is -2.55. The molecule has 0 saturated carbocycles. The molecule has 0 radical (unpaired) electrons. The normalized spacial score (nSPS) is 20.7. The fourth-order valence-electron chi connectivity index (χ4n) is 4.01. The van der Waals surface area contributed by atoms with Crippen molar-refractivity contribution in [2.75, 3.05) is 23.9 Å². The zero-order valence-corrected chi connectivity index (χ0v) is 18.1. The summed E-state index contributed by atoms with van der Waals surface area (Å²) in [5, 5.41) is 6.52. The number of fused-ring (bicyclic) bond motifs is 2. The minimum atomic E-state index is -0.600. The molecule has 2 aliphatic heterocycles. The van der Waals surface area contributed by atoms with E-state index in [0.29, 0.717) is 41.4 Å². The molecule has 1 fully saturated rings. The Morgan fingerprint density at radius 3 is 2.67 bits per heavy atom. The van der Waals surface area contributed by atoms with Crippen molar-refractivity contribution in [1.82, 2.24) is 10.2 Å². The third kappa shape index (κ3) is 4.18. The third-order valence-electron chi connectivity index (χ3n) is 5.49. The van der Waals surface area contributed by atoms with E-state index in [0.717, 1.165) is 11.1 Å². The molecule has 2 N–H and O–H groups in total. The molecular weight excluding hydrogens is 422 g/mol. The molecule has 2 aliphatic rings. The van der Waals surface area contributed by atoms with E-state index in [-0.39, 0.29) is 23.8 Å².